The third-order valence-corrected chi connectivity index (χ3v) is 3.98. The molecule has 0 heterocycles. The zero-order valence-corrected chi connectivity index (χ0v) is 11.4. The van der Waals surface area contributed by atoms with E-state index >= 15 is 0 Å². The number of hydrogen-bond donors (Lipinski definition) is 1. The minimum Gasteiger partial charge on any atom is -0.339 e. The Bertz CT molecular complexity index is 443. The molecule has 0 aromatic heterocycles. The number of nitrogens with zero attached hydrogens (tertiary/aromatic N) is 1. The van der Waals surface area contributed by atoms with Crippen molar-refractivity contribution < 1.29 is 9.18 Å². The van der Waals surface area contributed by atoms with E-state index in [1.807, 2.05) is 7.05 Å². The normalized spacial score (nSPS) is 16.6. The van der Waals surface area contributed by atoms with E-state index in [0.717, 1.165) is 12.8 Å². The average Bonchev–Trinajstić information content (AvgIpc) is 2.41. The maximum absolute atomic E-state index is 13.1. The maximum Gasteiger partial charge on any atom is 0.253 e. The van der Waals surface area contributed by atoms with Crippen LogP contribution in [0.5, 0.6) is 0 Å². The van der Waals surface area contributed by atoms with E-state index in [1.165, 1.54) is 37.5 Å². The summed E-state index contributed by atoms with van der Waals surface area (Å²) in [5.41, 5.74) is 0.509. The molecule has 0 radical (unpaired) electrons. The topological polar surface area (TPSA) is 20.3 Å². The molecule has 1 aliphatic rings. The quantitative estimate of drug-likeness (QED) is 0.813. The van der Waals surface area contributed by atoms with Gasteiger partial charge in [0.25, 0.3) is 5.91 Å². The highest BCUT2D eigenvalue weighted by Crippen LogP contribution is 2.23. The van der Waals surface area contributed by atoms with Gasteiger partial charge in [-0.3, -0.25) is 4.79 Å². The lowest BCUT2D eigenvalue weighted by atomic mass is 9.94. The Balaban J connectivity index is 2.11. The molecule has 0 bridgehead atoms. The largest absolute Gasteiger partial charge is 0.339 e. The van der Waals surface area contributed by atoms with Crippen molar-refractivity contribution in [2.24, 2.45) is 0 Å². The summed E-state index contributed by atoms with van der Waals surface area (Å²) in [6.07, 6.45) is 5.76. The minimum absolute atomic E-state index is 0.0443. The molecule has 0 aliphatic heterocycles. The first-order valence-electron chi connectivity index (χ1n) is 6.35. The first-order chi connectivity index (χ1) is 8.59. The molecule has 1 aromatic rings. The standard InChI is InChI=1S/C14H18FNOS/c1-16(11-5-3-2-4-6-11)14(17)10-7-8-12(15)13(18)9-10/h7-9,11,18H,2-6H2,1H3. The van der Waals surface area contributed by atoms with Gasteiger partial charge in [-0.15, -0.1) is 12.6 Å². The fourth-order valence-electron chi connectivity index (χ4n) is 2.48. The van der Waals surface area contributed by atoms with Gasteiger partial charge in [0.2, 0.25) is 0 Å². The second kappa shape index (κ2) is 5.74. The van der Waals surface area contributed by atoms with E-state index in [9.17, 15) is 9.18 Å². The molecule has 1 aromatic carbocycles. The molecule has 0 unspecified atom stereocenters. The van der Waals surface area contributed by atoms with Crippen LogP contribution in [0.3, 0.4) is 0 Å². The van der Waals surface area contributed by atoms with Gasteiger partial charge in [-0.1, -0.05) is 19.3 Å². The SMILES string of the molecule is CN(C(=O)c1ccc(F)c(S)c1)C1CCCCC1. The van der Waals surface area contributed by atoms with E-state index in [4.69, 9.17) is 0 Å². The van der Waals surface area contributed by atoms with E-state index in [0.29, 0.717) is 11.6 Å². The molecule has 0 N–H and O–H groups in total. The summed E-state index contributed by atoms with van der Waals surface area (Å²) < 4.78 is 13.1. The van der Waals surface area contributed by atoms with Crippen LogP contribution >= 0.6 is 12.6 Å². The van der Waals surface area contributed by atoms with Crippen molar-refractivity contribution in [1.29, 1.82) is 0 Å². The van der Waals surface area contributed by atoms with Crippen molar-refractivity contribution in [3.8, 4) is 0 Å². The van der Waals surface area contributed by atoms with Gasteiger partial charge in [-0.2, -0.15) is 0 Å². The fourth-order valence-corrected chi connectivity index (χ4v) is 2.70. The van der Waals surface area contributed by atoms with E-state index < -0.39 is 5.82 Å². The maximum atomic E-state index is 13.1. The lowest BCUT2D eigenvalue weighted by Crippen LogP contribution is -2.38. The third-order valence-electron chi connectivity index (χ3n) is 3.64. The minimum atomic E-state index is -0.393. The van der Waals surface area contributed by atoms with Gasteiger partial charge < -0.3 is 4.90 Å². The molecular weight excluding hydrogens is 249 g/mol. The van der Waals surface area contributed by atoms with Crippen molar-refractivity contribution in [2.75, 3.05) is 7.05 Å². The van der Waals surface area contributed by atoms with Gasteiger partial charge >= 0.3 is 0 Å². The van der Waals surface area contributed by atoms with Gasteiger partial charge in [-0.05, 0) is 31.0 Å². The van der Waals surface area contributed by atoms with Crippen LogP contribution in [0, 0.1) is 5.82 Å². The summed E-state index contributed by atoms with van der Waals surface area (Å²) in [6.45, 7) is 0. The number of carbonyl (C=O) groups excluding carboxylic acids is 1. The summed E-state index contributed by atoms with van der Waals surface area (Å²) in [6, 6.07) is 4.64. The van der Waals surface area contributed by atoms with Crippen molar-refractivity contribution in [1.82, 2.24) is 4.90 Å². The smallest absolute Gasteiger partial charge is 0.253 e. The van der Waals surface area contributed by atoms with Crippen molar-refractivity contribution >= 4 is 18.5 Å². The van der Waals surface area contributed by atoms with Gasteiger partial charge in [0.1, 0.15) is 5.82 Å². The molecule has 4 heteroatoms. The zero-order valence-electron chi connectivity index (χ0n) is 10.5. The van der Waals surface area contributed by atoms with E-state index in [2.05, 4.69) is 12.6 Å². The Hall–Kier alpha value is -1.03. The van der Waals surface area contributed by atoms with Crippen LogP contribution in [0.15, 0.2) is 23.1 Å². The Kier molecular flexibility index (Phi) is 4.27. The number of carbonyl (C=O) groups is 1. The molecule has 1 fully saturated rings. The molecule has 1 amide bonds. The zero-order chi connectivity index (χ0) is 13.1. The Morgan fingerprint density at radius 1 is 1.33 bits per heavy atom. The summed E-state index contributed by atoms with van der Waals surface area (Å²) in [5, 5.41) is 0. The van der Waals surface area contributed by atoms with E-state index in [-0.39, 0.29) is 10.8 Å². The number of benzene rings is 1. The van der Waals surface area contributed by atoms with Crippen LogP contribution in [0.4, 0.5) is 4.39 Å². The van der Waals surface area contributed by atoms with Gasteiger partial charge in [0, 0.05) is 23.5 Å². The van der Waals surface area contributed by atoms with Crippen LogP contribution < -0.4 is 0 Å². The number of amides is 1. The number of hydrogen-bond acceptors (Lipinski definition) is 2. The van der Waals surface area contributed by atoms with Gasteiger partial charge in [0.15, 0.2) is 0 Å². The van der Waals surface area contributed by atoms with Crippen molar-refractivity contribution in [3.63, 3.8) is 0 Å². The van der Waals surface area contributed by atoms with Crippen LogP contribution in [-0.4, -0.2) is 23.9 Å². The van der Waals surface area contributed by atoms with Crippen LogP contribution in [0.1, 0.15) is 42.5 Å². The highest BCUT2D eigenvalue weighted by Gasteiger charge is 2.23. The van der Waals surface area contributed by atoms with Crippen molar-refractivity contribution in [3.05, 3.63) is 29.6 Å². The first kappa shape index (κ1) is 13.4. The first-order valence-corrected chi connectivity index (χ1v) is 6.80. The molecule has 1 saturated carbocycles. The lowest BCUT2D eigenvalue weighted by molar-refractivity contribution is 0.0696. The monoisotopic (exact) mass is 267 g/mol. The Morgan fingerprint density at radius 3 is 2.61 bits per heavy atom. The van der Waals surface area contributed by atoms with Gasteiger partial charge in [0.05, 0.1) is 0 Å². The second-order valence-corrected chi connectivity index (χ2v) is 5.36. The van der Waals surface area contributed by atoms with Crippen LogP contribution in [-0.2, 0) is 0 Å². The van der Waals surface area contributed by atoms with Gasteiger partial charge in [-0.25, -0.2) is 4.39 Å². The predicted octanol–water partition coefficient (Wildman–Crippen LogP) is 3.52. The number of halogens is 1. The summed E-state index contributed by atoms with van der Waals surface area (Å²) in [7, 11) is 1.83. The van der Waals surface area contributed by atoms with E-state index in [1.54, 1.807) is 4.90 Å². The molecule has 1 aliphatic carbocycles. The third kappa shape index (κ3) is 2.86. The summed E-state index contributed by atoms with van der Waals surface area (Å²) >= 11 is 4.01. The second-order valence-electron chi connectivity index (χ2n) is 4.87. The number of rotatable bonds is 2. The fraction of sp³-hybridized carbons (Fsp3) is 0.500. The van der Waals surface area contributed by atoms with Crippen LogP contribution in [0.2, 0.25) is 0 Å². The molecular formula is C14H18FNOS. The van der Waals surface area contributed by atoms with Crippen molar-refractivity contribution in [2.45, 2.75) is 43.0 Å². The highest BCUT2D eigenvalue weighted by atomic mass is 32.1. The molecule has 2 nitrogen and oxygen atoms in total. The Labute approximate surface area is 113 Å². The molecule has 0 atom stereocenters. The highest BCUT2D eigenvalue weighted by molar-refractivity contribution is 7.80. The average molecular weight is 267 g/mol. The Morgan fingerprint density at radius 2 is 2.00 bits per heavy atom. The van der Waals surface area contributed by atoms with Crippen LogP contribution in [0.25, 0.3) is 0 Å². The number of thiol groups is 1. The molecule has 18 heavy (non-hydrogen) atoms. The molecule has 2 rings (SSSR count). The summed E-state index contributed by atoms with van der Waals surface area (Å²) in [5.74, 6) is -0.438. The molecule has 0 spiro atoms. The molecule has 98 valence electrons. The molecule has 0 saturated heterocycles. The predicted molar refractivity (Wildman–Crippen MR) is 72.6 cm³/mol. The summed E-state index contributed by atoms with van der Waals surface area (Å²) in [4.78, 5) is 14.3. The lowest BCUT2D eigenvalue weighted by Gasteiger charge is -2.31.